The molecule has 0 aliphatic heterocycles. The normalized spacial score (nSPS) is 14.3. The first-order valence-corrected chi connectivity index (χ1v) is 6.95. The van der Waals surface area contributed by atoms with Crippen LogP contribution in [-0.4, -0.2) is 29.8 Å². The molecule has 1 atom stereocenters. The Morgan fingerprint density at radius 2 is 1.91 bits per heavy atom. The molecule has 22 heavy (non-hydrogen) atoms. The molecule has 0 bridgehead atoms. The topological polar surface area (TPSA) is 55.6 Å². The van der Waals surface area contributed by atoms with Crippen LogP contribution in [0.2, 0.25) is 0 Å². The molecule has 4 nitrogen and oxygen atoms in total. The average Bonchev–Trinajstić information content (AvgIpc) is 2.38. The third-order valence-corrected chi connectivity index (χ3v) is 3.21. The Bertz CT molecular complexity index is 516. The van der Waals surface area contributed by atoms with Crippen LogP contribution >= 0.6 is 0 Å². The zero-order valence-corrected chi connectivity index (χ0v) is 12.9. The third kappa shape index (κ3) is 5.22. The largest absolute Gasteiger partial charge is 0.573 e. The van der Waals surface area contributed by atoms with Crippen molar-refractivity contribution in [2.24, 2.45) is 5.73 Å². The maximum atomic E-state index is 12.4. The predicted octanol–water partition coefficient (Wildman–Crippen LogP) is 3.06. The fourth-order valence-electron chi connectivity index (χ4n) is 2.25. The molecule has 0 saturated carbocycles. The van der Waals surface area contributed by atoms with E-state index in [-0.39, 0.29) is 23.8 Å². The van der Waals surface area contributed by atoms with Gasteiger partial charge < -0.3 is 15.4 Å². The van der Waals surface area contributed by atoms with E-state index >= 15 is 0 Å². The van der Waals surface area contributed by atoms with Gasteiger partial charge in [0.15, 0.2) is 0 Å². The van der Waals surface area contributed by atoms with Crippen LogP contribution in [0.3, 0.4) is 0 Å². The van der Waals surface area contributed by atoms with Gasteiger partial charge in [-0.25, -0.2) is 0 Å². The Morgan fingerprint density at radius 1 is 1.32 bits per heavy atom. The van der Waals surface area contributed by atoms with Crippen molar-refractivity contribution in [1.82, 2.24) is 4.90 Å². The van der Waals surface area contributed by atoms with Crippen LogP contribution < -0.4 is 10.5 Å². The molecule has 1 rings (SSSR count). The molecule has 0 saturated heterocycles. The number of hydrogen-bond donors (Lipinski definition) is 1. The maximum absolute atomic E-state index is 12.4. The lowest BCUT2D eigenvalue weighted by atomic mass is 9.95. The van der Waals surface area contributed by atoms with E-state index in [0.717, 1.165) is 6.42 Å². The summed E-state index contributed by atoms with van der Waals surface area (Å²) in [4.78, 5) is 13.6. The molecule has 0 fully saturated rings. The van der Waals surface area contributed by atoms with Gasteiger partial charge in [0.1, 0.15) is 5.75 Å². The van der Waals surface area contributed by atoms with E-state index in [2.05, 4.69) is 4.74 Å². The van der Waals surface area contributed by atoms with Crippen molar-refractivity contribution >= 4 is 5.91 Å². The molecule has 1 amide bonds. The fraction of sp³-hybridized carbons (Fsp3) is 0.533. The zero-order chi connectivity index (χ0) is 17.0. The number of alkyl halides is 3. The second-order valence-electron chi connectivity index (χ2n) is 5.48. The molecule has 0 heterocycles. The first kappa shape index (κ1) is 18.3. The SMILES string of the molecule is CCCC(C)(N)C(=O)N(C)Cc1ccccc1OC(F)(F)F. The summed E-state index contributed by atoms with van der Waals surface area (Å²) >= 11 is 0. The van der Waals surface area contributed by atoms with Crippen molar-refractivity contribution in [3.8, 4) is 5.75 Å². The number of carbonyl (C=O) groups excluding carboxylic acids is 1. The van der Waals surface area contributed by atoms with E-state index in [4.69, 9.17) is 5.73 Å². The Labute approximate surface area is 128 Å². The lowest BCUT2D eigenvalue weighted by Gasteiger charge is -2.29. The average molecular weight is 318 g/mol. The highest BCUT2D eigenvalue weighted by molar-refractivity contribution is 5.85. The van der Waals surface area contributed by atoms with Gasteiger partial charge in [0.05, 0.1) is 5.54 Å². The lowest BCUT2D eigenvalue weighted by Crippen LogP contribution is -2.51. The Balaban J connectivity index is 2.89. The number of nitrogens with zero attached hydrogens (tertiary/aromatic N) is 1. The Kier molecular flexibility index (Phi) is 5.82. The molecule has 0 aliphatic rings. The Hall–Kier alpha value is -1.76. The number of hydrogen-bond acceptors (Lipinski definition) is 3. The fourth-order valence-corrected chi connectivity index (χ4v) is 2.25. The number of carbonyl (C=O) groups is 1. The molecule has 0 aromatic heterocycles. The number of rotatable bonds is 6. The molecule has 124 valence electrons. The van der Waals surface area contributed by atoms with Crippen LogP contribution in [0.5, 0.6) is 5.75 Å². The van der Waals surface area contributed by atoms with Gasteiger partial charge >= 0.3 is 6.36 Å². The highest BCUT2D eigenvalue weighted by atomic mass is 19.4. The quantitative estimate of drug-likeness (QED) is 0.877. The van der Waals surface area contributed by atoms with Crippen LogP contribution in [0.1, 0.15) is 32.3 Å². The summed E-state index contributed by atoms with van der Waals surface area (Å²) in [5, 5.41) is 0. The number of nitrogens with two attached hydrogens (primary N) is 1. The van der Waals surface area contributed by atoms with Crippen LogP contribution in [0, 0.1) is 0 Å². The predicted molar refractivity (Wildman–Crippen MR) is 77.1 cm³/mol. The number of ether oxygens (including phenoxy) is 1. The van der Waals surface area contributed by atoms with Crippen molar-refractivity contribution in [2.45, 2.75) is 45.1 Å². The van der Waals surface area contributed by atoms with Crippen LogP contribution in [0.4, 0.5) is 13.2 Å². The second kappa shape index (κ2) is 7.00. The van der Waals surface area contributed by atoms with E-state index < -0.39 is 11.9 Å². The summed E-state index contributed by atoms with van der Waals surface area (Å²) in [5.41, 5.74) is 5.19. The van der Waals surface area contributed by atoms with E-state index in [1.54, 1.807) is 13.0 Å². The molecule has 7 heteroatoms. The summed E-state index contributed by atoms with van der Waals surface area (Å²) in [7, 11) is 1.51. The zero-order valence-electron chi connectivity index (χ0n) is 12.9. The van der Waals surface area contributed by atoms with E-state index in [9.17, 15) is 18.0 Å². The number of para-hydroxylation sites is 1. The third-order valence-electron chi connectivity index (χ3n) is 3.21. The minimum absolute atomic E-state index is 0.0123. The summed E-state index contributed by atoms with van der Waals surface area (Å²) in [6, 6.07) is 5.73. The summed E-state index contributed by atoms with van der Waals surface area (Å²) in [5.74, 6) is -0.639. The minimum Gasteiger partial charge on any atom is -0.405 e. The van der Waals surface area contributed by atoms with Gasteiger partial charge in [-0.15, -0.1) is 13.2 Å². The molecule has 0 radical (unpaired) electrons. The number of benzene rings is 1. The number of halogens is 3. The highest BCUT2D eigenvalue weighted by Crippen LogP contribution is 2.27. The smallest absolute Gasteiger partial charge is 0.405 e. The van der Waals surface area contributed by atoms with E-state index in [0.29, 0.717) is 6.42 Å². The van der Waals surface area contributed by atoms with Gasteiger partial charge in [-0.1, -0.05) is 31.5 Å². The van der Waals surface area contributed by atoms with Crippen molar-refractivity contribution in [3.63, 3.8) is 0 Å². The van der Waals surface area contributed by atoms with Crippen LogP contribution in [0.25, 0.3) is 0 Å². The lowest BCUT2D eigenvalue weighted by molar-refractivity contribution is -0.275. The van der Waals surface area contributed by atoms with Crippen molar-refractivity contribution in [1.29, 1.82) is 0 Å². The summed E-state index contributed by atoms with van der Waals surface area (Å²) in [6.45, 7) is 3.51. The minimum atomic E-state index is -4.77. The first-order valence-electron chi connectivity index (χ1n) is 6.95. The van der Waals surface area contributed by atoms with Crippen LogP contribution in [0.15, 0.2) is 24.3 Å². The van der Waals surface area contributed by atoms with Crippen molar-refractivity contribution < 1.29 is 22.7 Å². The first-order chi connectivity index (χ1) is 10.1. The molecule has 1 aromatic carbocycles. The molecule has 0 aliphatic carbocycles. The maximum Gasteiger partial charge on any atom is 0.573 e. The van der Waals surface area contributed by atoms with Gasteiger partial charge in [-0.05, 0) is 19.4 Å². The van der Waals surface area contributed by atoms with Gasteiger partial charge in [-0.2, -0.15) is 0 Å². The monoisotopic (exact) mass is 318 g/mol. The number of likely N-dealkylation sites (N-methyl/N-ethyl adjacent to an activating group) is 1. The Morgan fingerprint density at radius 3 is 2.45 bits per heavy atom. The number of amides is 1. The van der Waals surface area contributed by atoms with Gasteiger partial charge in [0, 0.05) is 19.2 Å². The molecular formula is C15H21F3N2O2. The van der Waals surface area contributed by atoms with E-state index in [1.165, 1.54) is 30.1 Å². The molecule has 0 spiro atoms. The molecule has 1 aromatic rings. The standard InChI is InChI=1S/C15H21F3N2O2/c1-4-9-14(2,19)13(21)20(3)10-11-7-5-6-8-12(11)22-15(16,17)18/h5-8H,4,9-10,19H2,1-3H3. The van der Waals surface area contributed by atoms with Crippen molar-refractivity contribution in [2.75, 3.05) is 7.05 Å². The van der Waals surface area contributed by atoms with Gasteiger partial charge in [-0.3, -0.25) is 4.79 Å². The second-order valence-corrected chi connectivity index (χ2v) is 5.48. The summed E-state index contributed by atoms with van der Waals surface area (Å²) < 4.78 is 41.1. The van der Waals surface area contributed by atoms with Crippen LogP contribution in [-0.2, 0) is 11.3 Å². The molecule has 1 unspecified atom stereocenters. The highest BCUT2D eigenvalue weighted by Gasteiger charge is 2.33. The van der Waals surface area contributed by atoms with E-state index in [1.807, 2.05) is 6.92 Å². The summed E-state index contributed by atoms with van der Waals surface area (Å²) in [6.07, 6.45) is -3.54. The van der Waals surface area contributed by atoms with Crippen molar-refractivity contribution in [3.05, 3.63) is 29.8 Å². The molecule has 2 N–H and O–H groups in total. The molecular weight excluding hydrogens is 297 g/mol. The van der Waals surface area contributed by atoms with Gasteiger partial charge in [0.2, 0.25) is 5.91 Å². The van der Waals surface area contributed by atoms with Gasteiger partial charge in [0.25, 0.3) is 0 Å².